The Morgan fingerprint density at radius 2 is 1.46 bits per heavy atom. The molecular formula is C21H14N2O. The topological polar surface area (TPSA) is 34.9 Å². The molecule has 1 aromatic heterocycles. The molecule has 3 heteroatoms. The molecule has 24 heavy (non-hydrogen) atoms. The summed E-state index contributed by atoms with van der Waals surface area (Å²) in [4.78, 5) is 12.9. The molecule has 114 valence electrons. The first kappa shape index (κ1) is 13.3. The van der Waals surface area contributed by atoms with Gasteiger partial charge >= 0.3 is 0 Å². The molecule has 4 aromatic rings. The van der Waals surface area contributed by atoms with E-state index in [0.29, 0.717) is 6.54 Å². The molecule has 0 N–H and O–H groups in total. The van der Waals surface area contributed by atoms with Crippen molar-refractivity contribution in [1.29, 1.82) is 0 Å². The van der Waals surface area contributed by atoms with Gasteiger partial charge in [0.1, 0.15) is 5.69 Å². The van der Waals surface area contributed by atoms with E-state index in [1.807, 2.05) is 54.6 Å². The van der Waals surface area contributed by atoms with Crippen LogP contribution in [0.4, 0.5) is 0 Å². The number of hydrogen-bond donors (Lipinski definition) is 0. The van der Waals surface area contributed by atoms with Gasteiger partial charge in [-0.05, 0) is 22.8 Å². The summed E-state index contributed by atoms with van der Waals surface area (Å²) in [6.07, 6.45) is 0. The van der Waals surface area contributed by atoms with Crippen LogP contribution < -0.4 is 5.56 Å². The number of rotatable bonds is 2. The lowest BCUT2D eigenvalue weighted by Gasteiger charge is -2.09. The maximum atomic E-state index is 12.9. The highest BCUT2D eigenvalue weighted by atomic mass is 16.1. The molecule has 0 amide bonds. The number of nitrogens with zero attached hydrogens (tertiary/aromatic N) is 2. The van der Waals surface area contributed by atoms with Crippen molar-refractivity contribution in [3.05, 3.63) is 88.7 Å². The fourth-order valence-electron chi connectivity index (χ4n) is 3.54. The molecule has 0 atom stereocenters. The lowest BCUT2D eigenvalue weighted by atomic mass is 10.0. The van der Waals surface area contributed by atoms with E-state index >= 15 is 0 Å². The van der Waals surface area contributed by atoms with Gasteiger partial charge in [-0.1, -0.05) is 66.7 Å². The summed E-state index contributed by atoms with van der Waals surface area (Å²) in [5.41, 5.74) is 5.31. The standard InChI is InChI=1S/C21H14N2O/c24-21-18-12-6-11-16-15-9-4-5-10-17(15)20(19(16)18)22-23(21)13-14-7-2-1-3-8-14/h1-12H,13H2. The van der Waals surface area contributed by atoms with Gasteiger partial charge in [0, 0.05) is 10.9 Å². The van der Waals surface area contributed by atoms with Gasteiger partial charge in [0.2, 0.25) is 0 Å². The highest BCUT2D eigenvalue weighted by molar-refractivity contribution is 6.13. The van der Waals surface area contributed by atoms with Crippen molar-refractivity contribution in [3.63, 3.8) is 0 Å². The number of fused-ring (bicyclic) bond motifs is 3. The van der Waals surface area contributed by atoms with Gasteiger partial charge in [-0.3, -0.25) is 4.79 Å². The first-order valence-corrected chi connectivity index (χ1v) is 8.00. The number of benzene rings is 3. The van der Waals surface area contributed by atoms with E-state index in [1.165, 1.54) is 0 Å². The molecule has 0 saturated carbocycles. The summed E-state index contributed by atoms with van der Waals surface area (Å²) in [6, 6.07) is 24.1. The van der Waals surface area contributed by atoms with Gasteiger partial charge in [0.25, 0.3) is 5.56 Å². The van der Waals surface area contributed by atoms with Crippen LogP contribution in [0.2, 0.25) is 0 Å². The predicted molar refractivity (Wildman–Crippen MR) is 96.0 cm³/mol. The van der Waals surface area contributed by atoms with E-state index in [9.17, 15) is 4.79 Å². The number of hydrogen-bond acceptors (Lipinski definition) is 2. The Hall–Kier alpha value is -3.20. The van der Waals surface area contributed by atoms with Crippen molar-refractivity contribution >= 4 is 10.8 Å². The molecule has 3 aromatic carbocycles. The first-order valence-electron chi connectivity index (χ1n) is 8.00. The fraction of sp³-hybridized carbons (Fsp3) is 0.0476. The van der Waals surface area contributed by atoms with E-state index in [4.69, 9.17) is 5.10 Å². The van der Waals surface area contributed by atoms with Crippen LogP contribution in [0.3, 0.4) is 0 Å². The van der Waals surface area contributed by atoms with Crippen LogP contribution >= 0.6 is 0 Å². The molecule has 0 fully saturated rings. The molecule has 0 unspecified atom stereocenters. The summed E-state index contributed by atoms with van der Waals surface area (Å²) in [5, 5.41) is 6.43. The Labute approximate surface area is 138 Å². The van der Waals surface area contributed by atoms with E-state index in [-0.39, 0.29) is 5.56 Å². The van der Waals surface area contributed by atoms with Crippen LogP contribution in [0.5, 0.6) is 0 Å². The molecule has 0 bridgehead atoms. The van der Waals surface area contributed by atoms with Gasteiger partial charge < -0.3 is 0 Å². The van der Waals surface area contributed by atoms with Crippen molar-refractivity contribution in [2.45, 2.75) is 6.54 Å². The molecule has 5 rings (SSSR count). The zero-order valence-corrected chi connectivity index (χ0v) is 12.9. The largest absolute Gasteiger partial charge is 0.275 e. The third-order valence-electron chi connectivity index (χ3n) is 4.63. The highest BCUT2D eigenvalue weighted by Gasteiger charge is 2.24. The van der Waals surface area contributed by atoms with Gasteiger partial charge in [0.15, 0.2) is 0 Å². The van der Waals surface area contributed by atoms with Gasteiger partial charge in [-0.2, -0.15) is 5.10 Å². The molecular weight excluding hydrogens is 296 g/mol. The van der Waals surface area contributed by atoms with E-state index in [0.717, 1.165) is 38.7 Å². The molecule has 0 aliphatic heterocycles. The quantitative estimate of drug-likeness (QED) is 0.492. The minimum atomic E-state index is -0.0349. The third kappa shape index (κ3) is 1.78. The second-order valence-corrected chi connectivity index (χ2v) is 6.07. The van der Waals surface area contributed by atoms with Crippen molar-refractivity contribution in [3.8, 4) is 22.4 Å². The van der Waals surface area contributed by atoms with Gasteiger partial charge in [-0.25, -0.2) is 4.68 Å². The van der Waals surface area contributed by atoms with E-state index in [1.54, 1.807) is 4.68 Å². The Balaban J connectivity index is 1.81. The fourth-order valence-corrected chi connectivity index (χ4v) is 3.54. The maximum Gasteiger partial charge on any atom is 0.275 e. The second kappa shape index (κ2) is 4.90. The van der Waals surface area contributed by atoms with Crippen molar-refractivity contribution in [2.24, 2.45) is 0 Å². The second-order valence-electron chi connectivity index (χ2n) is 6.07. The van der Waals surface area contributed by atoms with Crippen LogP contribution in [0, 0.1) is 0 Å². The molecule has 0 saturated heterocycles. The Kier molecular flexibility index (Phi) is 2.71. The van der Waals surface area contributed by atoms with Crippen LogP contribution in [0.1, 0.15) is 5.56 Å². The van der Waals surface area contributed by atoms with Crippen LogP contribution in [0.25, 0.3) is 33.2 Å². The van der Waals surface area contributed by atoms with Crippen molar-refractivity contribution in [1.82, 2.24) is 9.78 Å². The Morgan fingerprint density at radius 1 is 0.750 bits per heavy atom. The monoisotopic (exact) mass is 310 g/mol. The minimum Gasteiger partial charge on any atom is -0.267 e. The summed E-state index contributed by atoms with van der Waals surface area (Å²) >= 11 is 0. The molecule has 1 aliphatic carbocycles. The zero-order valence-electron chi connectivity index (χ0n) is 12.9. The van der Waals surface area contributed by atoms with Crippen LogP contribution in [0.15, 0.2) is 77.6 Å². The first-order chi connectivity index (χ1) is 11.8. The van der Waals surface area contributed by atoms with Gasteiger partial charge in [0.05, 0.1) is 11.9 Å². The smallest absolute Gasteiger partial charge is 0.267 e. The number of aromatic nitrogens is 2. The van der Waals surface area contributed by atoms with E-state index in [2.05, 4.69) is 18.2 Å². The lowest BCUT2D eigenvalue weighted by Crippen LogP contribution is -2.24. The third-order valence-corrected chi connectivity index (χ3v) is 4.63. The van der Waals surface area contributed by atoms with Gasteiger partial charge in [-0.15, -0.1) is 0 Å². The lowest BCUT2D eigenvalue weighted by molar-refractivity contribution is 0.651. The summed E-state index contributed by atoms with van der Waals surface area (Å²) < 4.78 is 1.58. The predicted octanol–water partition coefficient (Wildman–Crippen LogP) is 4.09. The normalized spacial score (nSPS) is 11.7. The van der Waals surface area contributed by atoms with Crippen LogP contribution in [-0.2, 0) is 6.54 Å². The zero-order chi connectivity index (χ0) is 16.1. The Bertz CT molecular complexity index is 1140. The summed E-state index contributed by atoms with van der Waals surface area (Å²) in [6.45, 7) is 0.481. The molecule has 0 spiro atoms. The maximum absolute atomic E-state index is 12.9. The van der Waals surface area contributed by atoms with Crippen molar-refractivity contribution < 1.29 is 0 Å². The molecule has 0 radical (unpaired) electrons. The average Bonchev–Trinajstić information content (AvgIpc) is 2.95. The van der Waals surface area contributed by atoms with E-state index < -0.39 is 0 Å². The summed E-state index contributed by atoms with van der Waals surface area (Å²) in [5.74, 6) is 0. The Morgan fingerprint density at radius 3 is 2.29 bits per heavy atom. The average molecular weight is 310 g/mol. The van der Waals surface area contributed by atoms with Crippen molar-refractivity contribution in [2.75, 3.05) is 0 Å². The minimum absolute atomic E-state index is 0.0349. The summed E-state index contributed by atoms with van der Waals surface area (Å²) in [7, 11) is 0. The molecule has 1 heterocycles. The molecule has 1 aliphatic rings. The highest BCUT2D eigenvalue weighted by Crippen LogP contribution is 2.44. The van der Waals surface area contributed by atoms with Crippen LogP contribution in [-0.4, -0.2) is 9.78 Å². The SMILES string of the molecule is O=c1c2cccc3c2c(nn1Cc1ccccc1)-c1ccccc1-3. The molecule has 3 nitrogen and oxygen atoms in total.